The highest BCUT2D eigenvalue weighted by Crippen LogP contribution is 2.31. The molecule has 0 aliphatic carbocycles. The van der Waals surface area contributed by atoms with Crippen molar-refractivity contribution in [2.24, 2.45) is 0 Å². The predicted octanol–water partition coefficient (Wildman–Crippen LogP) is 3.65. The lowest BCUT2D eigenvalue weighted by Gasteiger charge is -2.09. The smallest absolute Gasteiger partial charge is 0.319 e. The van der Waals surface area contributed by atoms with E-state index < -0.39 is 0 Å². The lowest BCUT2D eigenvalue weighted by Crippen LogP contribution is -2.00. The molecule has 8 heteroatoms. The number of hydrogen-bond acceptors (Lipinski definition) is 7. The molecule has 0 fully saturated rings. The highest BCUT2D eigenvalue weighted by Gasteiger charge is 2.15. The fourth-order valence-electron chi connectivity index (χ4n) is 3.25. The first-order chi connectivity index (χ1) is 15.1. The minimum atomic E-state index is 0.223. The summed E-state index contributed by atoms with van der Waals surface area (Å²) in [4.78, 5) is 8.39. The number of methoxy groups -OCH3 is 2. The van der Waals surface area contributed by atoms with E-state index in [2.05, 4.69) is 37.0 Å². The minimum Gasteiger partial charge on any atom is -0.480 e. The van der Waals surface area contributed by atoms with Crippen LogP contribution in [0.25, 0.3) is 22.4 Å². The number of ether oxygens (including phenoxy) is 2. The normalized spacial score (nSPS) is 10.5. The number of nitrogens with zero attached hydrogens (tertiary/aromatic N) is 6. The van der Waals surface area contributed by atoms with E-state index in [1.54, 1.807) is 6.20 Å². The Labute approximate surface area is 179 Å². The zero-order chi connectivity index (χ0) is 21.8. The average Bonchev–Trinajstić information content (AvgIpc) is 3.27. The zero-order valence-corrected chi connectivity index (χ0v) is 17.4. The van der Waals surface area contributed by atoms with Crippen LogP contribution in [-0.2, 0) is 6.54 Å². The first-order valence-corrected chi connectivity index (χ1v) is 9.56. The van der Waals surface area contributed by atoms with E-state index in [-0.39, 0.29) is 6.01 Å². The molecule has 0 bridgehead atoms. The van der Waals surface area contributed by atoms with E-state index in [0.29, 0.717) is 29.2 Å². The first kappa shape index (κ1) is 20.0. The van der Waals surface area contributed by atoms with Crippen molar-refractivity contribution in [3.63, 3.8) is 0 Å². The van der Waals surface area contributed by atoms with Gasteiger partial charge in [0.15, 0.2) is 0 Å². The van der Waals surface area contributed by atoms with Crippen LogP contribution in [0.15, 0.2) is 55.0 Å². The maximum absolute atomic E-state index is 8.95. The van der Waals surface area contributed by atoms with Gasteiger partial charge in [-0.15, -0.1) is 5.10 Å². The molecule has 0 amide bonds. The summed E-state index contributed by atoms with van der Waals surface area (Å²) in [6.45, 7) is 2.63. The van der Waals surface area contributed by atoms with Crippen molar-refractivity contribution in [3.05, 3.63) is 71.8 Å². The van der Waals surface area contributed by atoms with Gasteiger partial charge in [-0.1, -0.05) is 12.1 Å². The third-order valence-electron chi connectivity index (χ3n) is 4.87. The lowest BCUT2D eigenvalue weighted by molar-refractivity contribution is 0.353. The predicted molar refractivity (Wildman–Crippen MR) is 115 cm³/mol. The van der Waals surface area contributed by atoms with Crippen LogP contribution in [-0.4, -0.2) is 39.0 Å². The summed E-state index contributed by atoms with van der Waals surface area (Å²) < 4.78 is 12.5. The van der Waals surface area contributed by atoms with Crippen molar-refractivity contribution in [2.45, 2.75) is 13.5 Å². The van der Waals surface area contributed by atoms with Crippen LogP contribution in [0, 0.1) is 18.3 Å². The van der Waals surface area contributed by atoms with Crippen molar-refractivity contribution in [2.75, 3.05) is 14.2 Å². The molecule has 0 aliphatic heterocycles. The second-order valence-electron chi connectivity index (χ2n) is 6.89. The maximum Gasteiger partial charge on any atom is 0.319 e. The third-order valence-corrected chi connectivity index (χ3v) is 4.87. The summed E-state index contributed by atoms with van der Waals surface area (Å²) in [5.41, 5.74) is 5.81. The summed E-state index contributed by atoms with van der Waals surface area (Å²) in [7, 11) is 3.04. The molecule has 4 rings (SSSR count). The molecule has 31 heavy (non-hydrogen) atoms. The molecule has 4 aromatic rings. The number of benzene rings is 1. The van der Waals surface area contributed by atoms with E-state index in [4.69, 9.17) is 14.7 Å². The van der Waals surface area contributed by atoms with Gasteiger partial charge in [-0.2, -0.15) is 15.3 Å². The number of aromatic nitrogens is 5. The monoisotopic (exact) mass is 412 g/mol. The minimum absolute atomic E-state index is 0.223. The maximum atomic E-state index is 8.95. The molecule has 0 aliphatic rings. The molecule has 0 unspecified atom stereocenters. The van der Waals surface area contributed by atoms with E-state index in [1.807, 2.05) is 49.5 Å². The van der Waals surface area contributed by atoms with Crippen molar-refractivity contribution in [1.29, 1.82) is 5.26 Å². The van der Waals surface area contributed by atoms with Crippen LogP contribution in [0.5, 0.6) is 11.9 Å². The molecule has 0 saturated heterocycles. The van der Waals surface area contributed by atoms with Gasteiger partial charge >= 0.3 is 6.01 Å². The van der Waals surface area contributed by atoms with Gasteiger partial charge in [-0.05, 0) is 36.8 Å². The summed E-state index contributed by atoms with van der Waals surface area (Å²) in [5.74, 6) is 0.370. The van der Waals surface area contributed by atoms with Gasteiger partial charge in [0.05, 0.1) is 37.1 Å². The Morgan fingerprint density at radius 3 is 2.55 bits per heavy atom. The molecule has 3 aromatic heterocycles. The molecule has 0 atom stereocenters. The second-order valence-corrected chi connectivity index (χ2v) is 6.89. The Kier molecular flexibility index (Phi) is 5.58. The number of aryl methyl sites for hydroxylation is 1. The molecule has 154 valence electrons. The second kappa shape index (κ2) is 8.63. The third kappa shape index (κ3) is 4.21. The Morgan fingerprint density at radius 1 is 1.03 bits per heavy atom. The standard InChI is InChI=1S/C23H20N6O2/c1-15-19(10-21(28-27-15)20-12-25-23(31-3)26-22(20)30-2)18-8-9-29(14-18)13-17-6-4-16(11-24)5-7-17/h4-10,12,14H,13H2,1-3H3. The SMILES string of the molecule is COc1ncc(-c2cc(-c3ccn(Cc4ccc(C#N)cc4)c3)c(C)nn2)c(OC)n1. The van der Waals surface area contributed by atoms with Crippen LogP contribution < -0.4 is 9.47 Å². The topological polar surface area (TPSA) is 98.7 Å². The lowest BCUT2D eigenvalue weighted by atomic mass is 10.1. The van der Waals surface area contributed by atoms with Gasteiger partial charge in [0.1, 0.15) is 5.69 Å². The Balaban J connectivity index is 1.64. The van der Waals surface area contributed by atoms with Crippen LogP contribution in [0.1, 0.15) is 16.8 Å². The fraction of sp³-hybridized carbons (Fsp3) is 0.174. The Hall–Kier alpha value is -4.25. The average molecular weight is 412 g/mol. The highest BCUT2D eigenvalue weighted by atomic mass is 16.5. The molecule has 8 nitrogen and oxygen atoms in total. The van der Waals surface area contributed by atoms with Crippen molar-refractivity contribution < 1.29 is 9.47 Å². The molecule has 0 radical (unpaired) electrons. The molecule has 1 aromatic carbocycles. The Morgan fingerprint density at radius 2 is 1.84 bits per heavy atom. The van der Waals surface area contributed by atoms with Gasteiger partial charge in [0, 0.05) is 36.3 Å². The zero-order valence-electron chi connectivity index (χ0n) is 17.4. The van der Waals surface area contributed by atoms with Gasteiger partial charge in [-0.25, -0.2) is 4.98 Å². The van der Waals surface area contributed by atoms with Gasteiger partial charge in [-0.3, -0.25) is 0 Å². The number of hydrogen-bond donors (Lipinski definition) is 0. The van der Waals surface area contributed by atoms with Gasteiger partial charge in [0.2, 0.25) is 5.88 Å². The van der Waals surface area contributed by atoms with Gasteiger partial charge < -0.3 is 14.0 Å². The largest absolute Gasteiger partial charge is 0.480 e. The van der Waals surface area contributed by atoms with E-state index >= 15 is 0 Å². The summed E-state index contributed by atoms with van der Waals surface area (Å²) in [6.07, 6.45) is 5.70. The van der Waals surface area contributed by atoms with E-state index in [9.17, 15) is 0 Å². The molecular weight excluding hydrogens is 392 g/mol. The first-order valence-electron chi connectivity index (χ1n) is 9.56. The van der Waals surface area contributed by atoms with Crippen molar-refractivity contribution in [1.82, 2.24) is 24.7 Å². The molecule has 0 N–H and O–H groups in total. The quantitative estimate of drug-likeness (QED) is 0.477. The van der Waals surface area contributed by atoms with Crippen molar-refractivity contribution in [3.8, 4) is 40.3 Å². The molecule has 0 saturated carbocycles. The van der Waals surface area contributed by atoms with Crippen LogP contribution >= 0.6 is 0 Å². The van der Waals surface area contributed by atoms with E-state index in [0.717, 1.165) is 22.4 Å². The summed E-state index contributed by atoms with van der Waals surface area (Å²) >= 11 is 0. The van der Waals surface area contributed by atoms with Crippen LogP contribution in [0.2, 0.25) is 0 Å². The number of rotatable bonds is 6. The highest BCUT2D eigenvalue weighted by molar-refractivity contribution is 5.73. The van der Waals surface area contributed by atoms with Crippen LogP contribution in [0.3, 0.4) is 0 Å². The molecular formula is C23H20N6O2. The van der Waals surface area contributed by atoms with Gasteiger partial charge in [0.25, 0.3) is 0 Å². The van der Waals surface area contributed by atoms with Crippen LogP contribution in [0.4, 0.5) is 0 Å². The van der Waals surface area contributed by atoms with Crippen molar-refractivity contribution >= 4 is 0 Å². The molecule has 0 spiro atoms. The fourth-order valence-corrected chi connectivity index (χ4v) is 3.25. The molecule has 3 heterocycles. The van der Waals surface area contributed by atoms with E-state index in [1.165, 1.54) is 14.2 Å². The number of nitriles is 1. The summed E-state index contributed by atoms with van der Waals surface area (Å²) in [6, 6.07) is 13.9. The Bertz CT molecular complexity index is 1260. The summed E-state index contributed by atoms with van der Waals surface area (Å²) in [5, 5.41) is 17.6.